The molecule has 2 rings (SSSR count). The first kappa shape index (κ1) is 15.3. The van der Waals surface area contributed by atoms with Gasteiger partial charge in [-0.2, -0.15) is 0 Å². The van der Waals surface area contributed by atoms with Crippen LogP contribution in [0.25, 0.3) is 0 Å². The van der Waals surface area contributed by atoms with Gasteiger partial charge in [0.1, 0.15) is 0 Å². The van der Waals surface area contributed by atoms with Crippen LogP contribution in [0, 0.1) is 12.8 Å². The van der Waals surface area contributed by atoms with Crippen molar-refractivity contribution in [3.8, 4) is 0 Å². The first-order chi connectivity index (χ1) is 9.45. The Morgan fingerprint density at radius 3 is 2.80 bits per heavy atom. The molecule has 0 aromatic carbocycles. The fourth-order valence-corrected chi connectivity index (χ4v) is 2.75. The number of aromatic nitrogens is 2. The Labute approximate surface area is 123 Å². The summed E-state index contributed by atoms with van der Waals surface area (Å²) < 4.78 is 2.24. The van der Waals surface area contributed by atoms with Gasteiger partial charge in [0.05, 0.1) is 5.69 Å². The van der Waals surface area contributed by atoms with Crippen molar-refractivity contribution < 1.29 is 0 Å². The Morgan fingerprint density at radius 2 is 2.10 bits per heavy atom. The Bertz CT molecular complexity index is 426. The van der Waals surface area contributed by atoms with Crippen molar-refractivity contribution in [2.75, 3.05) is 45.6 Å². The number of nitrogens with one attached hydrogen (secondary N) is 1. The molecule has 20 heavy (non-hydrogen) atoms. The molecule has 1 aliphatic heterocycles. The number of likely N-dealkylation sites (N-methyl/N-ethyl adjacent to an activating group) is 2. The smallest absolute Gasteiger partial charge is 0.203 e. The topological polar surface area (TPSA) is 36.3 Å². The van der Waals surface area contributed by atoms with Crippen molar-refractivity contribution in [1.29, 1.82) is 0 Å². The maximum Gasteiger partial charge on any atom is 0.203 e. The molecule has 1 aromatic rings. The summed E-state index contributed by atoms with van der Waals surface area (Å²) in [5.41, 5.74) is 1.09. The summed E-state index contributed by atoms with van der Waals surface area (Å²) in [6.45, 7) is 11.9. The monoisotopic (exact) mass is 279 g/mol. The second-order valence-corrected chi connectivity index (χ2v) is 6.53. The highest BCUT2D eigenvalue weighted by atomic mass is 15.3. The maximum absolute atomic E-state index is 4.61. The van der Waals surface area contributed by atoms with E-state index in [1.54, 1.807) is 0 Å². The van der Waals surface area contributed by atoms with Gasteiger partial charge in [-0.3, -0.25) is 4.90 Å². The zero-order valence-corrected chi connectivity index (χ0v) is 13.6. The van der Waals surface area contributed by atoms with Gasteiger partial charge in [-0.15, -0.1) is 0 Å². The van der Waals surface area contributed by atoms with Crippen molar-refractivity contribution in [3.63, 3.8) is 0 Å². The van der Waals surface area contributed by atoms with Crippen molar-refractivity contribution in [3.05, 3.63) is 11.9 Å². The van der Waals surface area contributed by atoms with E-state index >= 15 is 0 Å². The predicted molar refractivity (Wildman–Crippen MR) is 84.2 cm³/mol. The molecular formula is C15H29N5. The number of aryl methyl sites for hydroxylation is 1. The zero-order chi connectivity index (χ0) is 14.7. The van der Waals surface area contributed by atoms with Crippen molar-refractivity contribution in [1.82, 2.24) is 19.4 Å². The molecule has 114 valence electrons. The molecular weight excluding hydrogens is 250 g/mol. The van der Waals surface area contributed by atoms with Crippen molar-refractivity contribution >= 4 is 5.95 Å². The minimum atomic E-state index is 0.554. The van der Waals surface area contributed by atoms with Gasteiger partial charge in [-0.05, 0) is 26.9 Å². The van der Waals surface area contributed by atoms with E-state index in [0.717, 1.165) is 44.4 Å². The predicted octanol–water partition coefficient (Wildman–Crippen LogP) is 1.51. The third-order valence-corrected chi connectivity index (χ3v) is 3.93. The van der Waals surface area contributed by atoms with Crippen LogP contribution in [0.5, 0.6) is 0 Å². The second-order valence-electron chi connectivity index (χ2n) is 6.53. The molecule has 5 nitrogen and oxygen atoms in total. The molecule has 1 N–H and O–H groups in total. The third-order valence-electron chi connectivity index (χ3n) is 3.93. The van der Waals surface area contributed by atoms with Gasteiger partial charge in [0.2, 0.25) is 5.95 Å². The van der Waals surface area contributed by atoms with E-state index < -0.39 is 0 Å². The van der Waals surface area contributed by atoms with Gasteiger partial charge in [-0.25, -0.2) is 4.98 Å². The number of imidazole rings is 1. The lowest BCUT2D eigenvalue weighted by molar-refractivity contribution is 0.121. The molecule has 1 saturated heterocycles. The second kappa shape index (κ2) is 6.59. The number of nitrogens with zero attached hydrogens (tertiary/aromatic N) is 4. The maximum atomic E-state index is 4.61. The molecule has 0 aliphatic carbocycles. The number of anilines is 1. The Morgan fingerprint density at radius 1 is 1.35 bits per heavy atom. The SMILES string of the molecule is Cc1cn(CC(C)C)c(NCC2CN(C)CCN2C)n1. The minimum Gasteiger partial charge on any atom is -0.354 e. The van der Waals surface area contributed by atoms with E-state index in [2.05, 4.69) is 65.7 Å². The number of hydrogen-bond donors (Lipinski definition) is 1. The Balaban J connectivity index is 1.96. The summed E-state index contributed by atoms with van der Waals surface area (Å²) in [6, 6.07) is 0.554. The molecule has 1 aliphatic rings. The van der Waals surface area contributed by atoms with E-state index in [4.69, 9.17) is 0 Å². The zero-order valence-electron chi connectivity index (χ0n) is 13.6. The van der Waals surface area contributed by atoms with Crippen LogP contribution in [0.15, 0.2) is 6.20 Å². The largest absolute Gasteiger partial charge is 0.354 e. The van der Waals surface area contributed by atoms with Crippen LogP contribution in [0.3, 0.4) is 0 Å². The van der Waals surface area contributed by atoms with Crippen molar-refractivity contribution in [2.24, 2.45) is 5.92 Å². The molecule has 0 spiro atoms. The molecule has 5 heteroatoms. The third kappa shape index (κ3) is 3.96. The lowest BCUT2D eigenvalue weighted by Crippen LogP contribution is -2.52. The van der Waals surface area contributed by atoms with Gasteiger partial charge in [0.25, 0.3) is 0 Å². The van der Waals surface area contributed by atoms with E-state index in [1.165, 1.54) is 0 Å². The quantitative estimate of drug-likeness (QED) is 0.886. The van der Waals surface area contributed by atoms with Gasteiger partial charge >= 0.3 is 0 Å². The molecule has 1 unspecified atom stereocenters. The first-order valence-electron chi connectivity index (χ1n) is 7.62. The van der Waals surface area contributed by atoms with Gasteiger partial charge in [0.15, 0.2) is 0 Å². The van der Waals surface area contributed by atoms with Gasteiger partial charge < -0.3 is 14.8 Å². The van der Waals surface area contributed by atoms with Crippen LogP contribution < -0.4 is 5.32 Å². The Kier molecular flexibility index (Phi) is 5.05. The highest BCUT2D eigenvalue weighted by Crippen LogP contribution is 2.13. The van der Waals surface area contributed by atoms with Gasteiger partial charge in [-0.1, -0.05) is 13.8 Å². The molecule has 0 saturated carbocycles. The normalized spacial score (nSPS) is 21.6. The average molecular weight is 279 g/mol. The van der Waals surface area contributed by atoms with Crippen LogP contribution in [0.2, 0.25) is 0 Å². The van der Waals surface area contributed by atoms with E-state index in [-0.39, 0.29) is 0 Å². The molecule has 1 aromatic heterocycles. The molecule has 0 amide bonds. The van der Waals surface area contributed by atoms with Crippen LogP contribution in [0.4, 0.5) is 5.95 Å². The van der Waals surface area contributed by atoms with E-state index in [0.29, 0.717) is 12.0 Å². The molecule has 2 heterocycles. The van der Waals surface area contributed by atoms with Crippen LogP contribution in [0.1, 0.15) is 19.5 Å². The highest BCUT2D eigenvalue weighted by Gasteiger charge is 2.22. The minimum absolute atomic E-state index is 0.554. The van der Waals surface area contributed by atoms with Gasteiger partial charge in [0, 0.05) is 45.0 Å². The summed E-state index contributed by atoms with van der Waals surface area (Å²) in [6.07, 6.45) is 2.14. The fourth-order valence-electron chi connectivity index (χ4n) is 2.75. The van der Waals surface area contributed by atoms with Crippen LogP contribution >= 0.6 is 0 Å². The highest BCUT2D eigenvalue weighted by molar-refractivity contribution is 5.29. The lowest BCUT2D eigenvalue weighted by atomic mass is 10.2. The molecule has 0 radical (unpaired) electrons. The lowest BCUT2D eigenvalue weighted by Gasteiger charge is -2.37. The number of hydrogen-bond acceptors (Lipinski definition) is 4. The summed E-state index contributed by atoms with van der Waals surface area (Å²) in [5.74, 6) is 1.64. The van der Waals surface area contributed by atoms with E-state index in [9.17, 15) is 0 Å². The van der Waals surface area contributed by atoms with Crippen LogP contribution in [-0.2, 0) is 6.54 Å². The standard InChI is InChI=1S/C15H29N5/c1-12(2)9-20-10-13(3)17-15(20)16-8-14-11-18(4)6-7-19(14)5/h10,12,14H,6-9,11H2,1-5H3,(H,16,17). The average Bonchev–Trinajstić information content (AvgIpc) is 2.70. The summed E-state index contributed by atoms with van der Waals surface area (Å²) >= 11 is 0. The summed E-state index contributed by atoms with van der Waals surface area (Å²) in [7, 11) is 4.41. The molecule has 1 atom stereocenters. The summed E-state index contributed by atoms with van der Waals surface area (Å²) in [5, 5.41) is 3.54. The molecule has 1 fully saturated rings. The molecule has 0 bridgehead atoms. The Hall–Kier alpha value is -1.07. The van der Waals surface area contributed by atoms with Crippen molar-refractivity contribution in [2.45, 2.75) is 33.4 Å². The van der Waals surface area contributed by atoms with E-state index in [1.807, 2.05) is 0 Å². The number of rotatable bonds is 5. The summed E-state index contributed by atoms with van der Waals surface area (Å²) in [4.78, 5) is 9.45. The number of piperazine rings is 1. The van der Waals surface area contributed by atoms with Crippen LogP contribution in [-0.4, -0.2) is 65.7 Å². The first-order valence-corrected chi connectivity index (χ1v) is 7.62. The fraction of sp³-hybridized carbons (Fsp3) is 0.800.